The van der Waals surface area contributed by atoms with E-state index < -0.39 is 16.1 Å². The highest BCUT2D eigenvalue weighted by Gasteiger charge is 2.16. The first-order valence-corrected chi connectivity index (χ1v) is 10.5. The van der Waals surface area contributed by atoms with E-state index >= 15 is 0 Å². The molecule has 3 rings (SSSR count). The molecule has 0 heterocycles. The van der Waals surface area contributed by atoms with E-state index in [4.69, 9.17) is 23.2 Å². The Labute approximate surface area is 178 Å². The van der Waals surface area contributed by atoms with Crippen LogP contribution in [0.15, 0.2) is 77.7 Å². The molecule has 0 bridgehead atoms. The summed E-state index contributed by atoms with van der Waals surface area (Å²) in [5, 5.41) is 3.10. The third kappa shape index (κ3) is 5.77. The molecule has 0 aromatic heterocycles. The third-order valence-corrected chi connectivity index (χ3v) is 5.79. The highest BCUT2D eigenvalue weighted by Crippen LogP contribution is 2.27. The van der Waals surface area contributed by atoms with Crippen molar-refractivity contribution in [3.8, 4) is 0 Å². The normalized spacial score (nSPS) is 10.8. The number of carbonyl (C=O) groups excluding carboxylic acids is 1. The van der Waals surface area contributed by atoms with Crippen LogP contribution in [0.2, 0.25) is 10.0 Å². The molecule has 0 saturated heterocycles. The number of amides is 2. The van der Waals surface area contributed by atoms with E-state index in [-0.39, 0.29) is 15.6 Å². The van der Waals surface area contributed by atoms with Crippen LogP contribution < -0.4 is 20.9 Å². The zero-order valence-corrected chi connectivity index (χ0v) is 17.1. The minimum absolute atomic E-state index is 0.0302. The van der Waals surface area contributed by atoms with E-state index in [0.29, 0.717) is 16.4 Å². The largest absolute Gasteiger partial charge is 0.337 e. The number of benzene rings is 3. The predicted octanol–water partition coefficient (Wildman–Crippen LogP) is 4.94. The molecule has 0 atom stereocenters. The number of sulfonamides is 1. The summed E-state index contributed by atoms with van der Waals surface area (Å²) in [4.78, 5) is 12.0. The van der Waals surface area contributed by atoms with Gasteiger partial charge in [-0.15, -0.1) is 0 Å². The molecular weight excluding hydrogens is 435 g/mol. The SMILES string of the molecule is O=C(NNc1ccccc1)Nc1cccc(S(=O)(=O)Nc2ccc(Cl)c(Cl)c2)c1. The standard InChI is InChI=1S/C19H16Cl2N4O3S/c20-17-10-9-15(12-18(17)21)25-29(27,28)16-8-4-7-14(11-16)22-19(26)24-23-13-5-2-1-3-6-13/h1-12,23,25H,(H2,22,24,26). The number of anilines is 3. The fourth-order valence-corrected chi connectivity index (χ4v) is 3.72. The van der Waals surface area contributed by atoms with Gasteiger partial charge in [-0.3, -0.25) is 15.6 Å². The van der Waals surface area contributed by atoms with Gasteiger partial charge in [0.1, 0.15) is 0 Å². The minimum atomic E-state index is -3.90. The monoisotopic (exact) mass is 450 g/mol. The lowest BCUT2D eigenvalue weighted by molar-refractivity contribution is 0.254. The molecule has 0 unspecified atom stereocenters. The molecule has 0 aliphatic heterocycles. The number of hydrogen-bond donors (Lipinski definition) is 4. The van der Waals surface area contributed by atoms with E-state index in [1.807, 2.05) is 18.2 Å². The van der Waals surface area contributed by atoms with Crippen molar-refractivity contribution in [1.29, 1.82) is 0 Å². The number of carbonyl (C=O) groups is 1. The number of rotatable bonds is 6. The number of hydrogen-bond acceptors (Lipinski definition) is 4. The highest BCUT2D eigenvalue weighted by molar-refractivity contribution is 7.92. The molecule has 0 aliphatic carbocycles. The van der Waals surface area contributed by atoms with Gasteiger partial charge in [-0.05, 0) is 48.5 Å². The van der Waals surface area contributed by atoms with Gasteiger partial charge in [0.2, 0.25) is 0 Å². The maximum Gasteiger partial charge on any atom is 0.337 e. The van der Waals surface area contributed by atoms with Crippen molar-refractivity contribution >= 4 is 56.3 Å². The number of halogens is 2. The minimum Gasteiger partial charge on any atom is -0.307 e. The number of nitrogens with one attached hydrogen (secondary N) is 4. The van der Waals surface area contributed by atoms with E-state index in [1.54, 1.807) is 18.2 Å². The average molecular weight is 451 g/mol. The summed E-state index contributed by atoms with van der Waals surface area (Å²) in [6, 6.07) is 18.7. The van der Waals surface area contributed by atoms with Crippen LogP contribution in [-0.2, 0) is 10.0 Å². The van der Waals surface area contributed by atoms with Crippen LogP contribution in [0.5, 0.6) is 0 Å². The molecule has 7 nitrogen and oxygen atoms in total. The Hall–Kier alpha value is -2.94. The van der Waals surface area contributed by atoms with Crippen LogP contribution in [0.1, 0.15) is 0 Å². The Morgan fingerprint density at radius 2 is 1.48 bits per heavy atom. The van der Waals surface area contributed by atoms with Crippen molar-refractivity contribution in [3.05, 3.63) is 82.8 Å². The van der Waals surface area contributed by atoms with Crippen LogP contribution in [0.25, 0.3) is 0 Å². The Morgan fingerprint density at radius 3 is 2.21 bits per heavy atom. The van der Waals surface area contributed by atoms with Crippen molar-refractivity contribution in [1.82, 2.24) is 5.43 Å². The molecule has 3 aromatic carbocycles. The van der Waals surface area contributed by atoms with Crippen LogP contribution >= 0.6 is 23.2 Å². The van der Waals surface area contributed by atoms with Gasteiger partial charge in [-0.25, -0.2) is 13.2 Å². The predicted molar refractivity (Wildman–Crippen MR) is 116 cm³/mol. The first-order valence-electron chi connectivity index (χ1n) is 8.29. The van der Waals surface area contributed by atoms with Crippen LogP contribution in [-0.4, -0.2) is 14.4 Å². The first kappa shape index (κ1) is 20.8. The number of para-hydroxylation sites is 1. The van der Waals surface area contributed by atoms with Crippen molar-refractivity contribution in [3.63, 3.8) is 0 Å². The Morgan fingerprint density at radius 1 is 0.759 bits per heavy atom. The molecule has 3 aromatic rings. The molecule has 10 heteroatoms. The van der Waals surface area contributed by atoms with Crippen LogP contribution in [0, 0.1) is 0 Å². The van der Waals surface area contributed by atoms with Crippen molar-refractivity contribution in [2.75, 3.05) is 15.5 Å². The maximum atomic E-state index is 12.6. The molecule has 0 aliphatic rings. The number of hydrazine groups is 1. The van der Waals surface area contributed by atoms with Gasteiger partial charge in [0.15, 0.2) is 0 Å². The molecule has 0 saturated carbocycles. The topological polar surface area (TPSA) is 99.3 Å². The molecule has 29 heavy (non-hydrogen) atoms. The molecule has 0 fully saturated rings. The van der Waals surface area contributed by atoms with Gasteiger partial charge in [0.05, 0.1) is 26.3 Å². The fourth-order valence-electron chi connectivity index (χ4n) is 2.33. The summed E-state index contributed by atoms with van der Waals surface area (Å²) >= 11 is 11.8. The van der Waals surface area contributed by atoms with Crippen LogP contribution in [0.3, 0.4) is 0 Å². The van der Waals surface area contributed by atoms with E-state index in [9.17, 15) is 13.2 Å². The summed E-state index contributed by atoms with van der Waals surface area (Å²) in [5.74, 6) is 0. The summed E-state index contributed by atoms with van der Waals surface area (Å²) in [7, 11) is -3.90. The van der Waals surface area contributed by atoms with Crippen molar-refractivity contribution < 1.29 is 13.2 Å². The zero-order valence-electron chi connectivity index (χ0n) is 14.8. The molecule has 2 amide bonds. The number of urea groups is 1. The smallest absolute Gasteiger partial charge is 0.307 e. The summed E-state index contributed by atoms with van der Waals surface area (Å²) in [6.07, 6.45) is 0. The third-order valence-electron chi connectivity index (χ3n) is 3.67. The van der Waals surface area contributed by atoms with Gasteiger partial charge >= 0.3 is 6.03 Å². The first-order chi connectivity index (χ1) is 13.8. The summed E-state index contributed by atoms with van der Waals surface area (Å²) < 4.78 is 27.7. The van der Waals surface area contributed by atoms with Gasteiger partial charge in [-0.2, -0.15) is 0 Å². The van der Waals surface area contributed by atoms with Gasteiger partial charge in [-0.1, -0.05) is 47.5 Å². The second-order valence-electron chi connectivity index (χ2n) is 5.83. The van der Waals surface area contributed by atoms with Crippen molar-refractivity contribution in [2.24, 2.45) is 0 Å². The van der Waals surface area contributed by atoms with Gasteiger partial charge < -0.3 is 5.32 Å². The maximum absolute atomic E-state index is 12.6. The van der Waals surface area contributed by atoms with E-state index in [1.165, 1.54) is 36.4 Å². The lowest BCUT2D eigenvalue weighted by atomic mass is 10.3. The second kappa shape index (κ2) is 9.04. The highest BCUT2D eigenvalue weighted by atomic mass is 35.5. The lowest BCUT2D eigenvalue weighted by Gasteiger charge is -2.12. The molecule has 0 radical (unpaired) electrons. The Bertz CT molecular complexity index is 1130. The lowest BCUT2D eigenvalue weighted by Crippen LogP contribution is -2.33. The quantitative estimate of drug-likeness (QED) is 0.399. The zero-order chi connectivity index (χ0) is 20.9. The van der Waals surface area contributed by atoms with E-state index in [2.05, 4.69) is 20.9 Å². The molecule has 4 N–H and O–H groups in total. The van der Waals surface area contributed by atoms with Crippen molar-refractivity contribution in [2.45, 2.75) is 4.90 Å². The van der Waals surface area contributed by atoms with Gasteiger partial charge in [0, 0.05) is 5.69 Å². The molecule has 0 spiro atoms. The molecule has 150 valence electrons. The summed E-state index contributed by atoms with van der Waals surface area (Å²) in [6.45, 7) is 0. The van der Waals surface area contributed by atoms with Crippen LogP contribution in [0.4, 0.5) is 21.9 Å². The van der Waals surface area contributed by atoms with E-state index in [0.717, 1.165) is 0 Å². The molecular formula is C19H16Cl2N4O3S. The average Bonchev–Trinajstić information content (AvgIpc) is 2.70. The van der Waals surface area contributed by atoms with Gasteiger partial charge in [0.25, 0.3) is 10.0 Å². The fraction of sp³-hybridized carbons (Fsp3) is 0. The summed E-state index contributed by atoms with van der Waals surface area (Å²) in [5.41, 5.74) is 6.47. The Balaban J connectivity index is 1.67. The Kier molecular flexibility index (Phi) is 6.48. The second-order valence-corrected chi connectivity index (χ2v) is 8.33.